The fourth-order valence-electron chi connectivity index (χ4n) is 1.90. The third kappa shape index (κ3) is 2.42. The van der Waals surface area contributed by atoms with E-state index in [1.165, 1.54) is 7.11 Å². The molecule has 1 amide bonds. The van der Waals surface area contributed by atoms with Crippen LogP contribution in [0.25, 0.3) is 0 Å². The zero-order valence-electron chi connectivity index (χ0n) is 9.39. The van der Waals surface area contributed by atoms with Crippen molar-refractivity contribution in [3.05, 3.63) is 16.7 Å². The Balaban J connectivity index is 2.31. The highest BCUT2D eigenvalue weighted by Crippen LogP contribution is 2.32. The lowest BCUT2D eigenvalue weighted by Crippen LogP contribution is -2.25. The van der Waals surface area contributed by atoms with E-state index in [0.29, 0.717) is 29.1 Å². The van der Waals surface area contributed by atoms with Gasteiger partial charge in [-0.2, -0.15) is 0 Å². The van der Waals surface area contributed by atoms with Crippen LogP contribution in [0.3, 0.4) is 0 Å². The van der Waals surface area contributed by atoms with Crippen LogP contribution in [0.15, 0.2) is 16.7 Å². The Morgan fingerprint density at radius 2 is 2.41 bits per heavy atom. The molecule has 0 aliphatic carbocycles. The molecule has 1 N–H and O–H groups in total. The van der Waals surface area contributed by atoms with Crippen molar-refractivity contribution in [2.75, 3.05) is 25.2 Å². The minimum atomic E-state index is -0.00790. The van der Waals surface area contributed by atoms with Crippen LogP contribution < -0.4 is 9.64 Å². The Kier molecular flexibility index (Phi) is 3.63. The zero-order chi connectivity index (χ0) is 12.4. The quantitative estimate of drug-likeness (QED) is 0.852. The fourth-order valence-corrected chi connectivity index (χ4v) is 2.20. The predicted molar refractivity (Wildman–Crippen MR) is 66.0 cm³/mol. The standard InChI is InChI=1S/C11H13BrN2O3/c1-17-11-8(2-3-9(12)13-11)14-5-7(6-15)4-10(14)16/h2-3,7,15H,4-6H2,1H3. The summed E-state index contributed by atoms with van der Waals surface area (Å²) < 4.78 is 5.81. The number of aliphatic hydroxyl groups excluding tert-OH is 1. The molecule has 0 radical (unpaired) electrons. The second-order valence-electron chi connectivity index (χ2n) is 3.92. The first-order valence-electron chi connectivity index (χ1n) is 5.27. The number of pyridine rings is 1. The summed E-state index contributed by atoms with van der Waals surface area (Å²) in [5, 5.41) is 9.09. The molecule has 1 fully saturated rings. The number of amides is 1. The minimum absolute atomic E-state index is 0.00384. The topological polar surface area (TPSA) is 62.7 Å². The summed E-state index contributed by atoms with van der Waals surface area (Å²) in [6.45, 7) is 0.531. The molecule has 1 aliphatic heterocycles. The molecule has 1 saturated heterocycles. The number of aliphatic hydroxyl groups is 1. The summed E-state index contributed by atoms with van der Waals surface area (Å²) in [6.07, 6.45) is 0.371. The first-order chi connectivity index (χ1) is 8.15. The number of carbonyl (C=O) groups is 1. The van der Waals surface area contributed by atoms with Crippen molar-refractivity contribution >= 4 is 27.5 Å². The molecule has 17 heavy (non-hydrogen) atoms. The number of halogens is 1. The number of nitrogens with zero attached hydrogens (tertiary/aromatic N) is 2. The number of carbonyl (C=O) groups excluding carboxylic acids is 1. The third-order valence-corrected chi connectivity index (χ3v) is 3.20. The Bertz CT molecular complexity index is 439. The molecule has 2 rings (SSSR count). The molecule has 0 aromatic carbocycles. The number of rotatable bonds is 3. The first-order valence-corrected chi connectivity index (χ1v) is 6.06. The largest absolute Gasteiger partial charge is 0.479 e. The van der Waals surface area contributed by atoms with Crippen LogP contribution in [-0.4, -0.2) is 36.3 Å². The molecule has 92 valence electrons. The van der Waals surface area contributed by atoms with Gasteiger partial charge in [-0.25, -0.2) is 4.98 Å². The monoisotopic (exact) mass is 300 g/mol. The zero-order valence-corrected chi connectivity index (χ0v) is 11.0. The van der Waals surface area contributed by atoms with Crippen molar-refractivity contribution in [1.82, 2.24) is 4.98 Å². The van der Waals surface area contributed by atoms with Crippen molar-refractivity contribution in [1.29, 1.82) is 0 Å². The van der Waals surface area contributed by atoms with Crippen LogP contribution in [0.1, 0.15) is 6.42 Å². The average Bonchev–Trinajstić information content (AvgIpc) is 2.70. The van der Waals surface area contributed by atoms with Crippen molar-refractivity contribution in [3.8, 4) is 5.88 Å². The van der Waals surface area contributed by atoms with Gasteiger partial charge in [0, 0.05) is 25.5 Å². The smallest absolute Gasteiger partial charge is 0.238 e. The highest BCUT2D eigenvalue weighted by Gasteiger charge is 2.32. The van der Waals surface area contributed by atoms with E-state index >= 15 is 0 Å². The van der Waals surface area contributed by atoms with Crippen LogP contribution in [0, 0.1) is 5.92 Å². The molecule has 1 unspecified atom stereocenters. The van der Waals surface area contributed by atoms with Crippen LogP contribution in [0.2, 0.25) is 0 Å². The molecule has 2 heterocycles. The molecule has 0 saturated carbocycles. The molecule has 1 aromatic heterocycles. The molecular weight excluding hydrogens is 288 g/mol. The Labute approximate surface area is 108 Å². The van der Waals surface area contributed by atoms with Gasteiger partial charge in [0.25, 0.3) is 0 Å². The summed E-state index contributed by atoms with van der Waals surface area (Å²) in [4.78, 5) is 17.6. The Hall–Kier alpha value is -1.14. The molecule has 0 spiro atoms. The van der Waals surface area contributed by atoms with E-state index in [1.54, 1.807) is 17.0 Å². The summed E-state index contributed by atoms with van der Waals surface area (Å²) in [6, 6.07) is 3.55. The van der Waals surface area contributed by atoms with Gasteiger partial charge in [-0.05, 0) is 28.1 Å². The van der Waals surface area contributed by atoms with Gasteiger partial charge >= 0.3 is 0 Å². The van der Waals surface area contributed by atoms with Crippen LogP contribution in [0.4, 0.5) is 5.69 Å². The van der Waals surface area contributed by atoms with E-state index in [9.17, 15) is 4.79 Å². The molecular formula is C11H13BrN2O3. The summed E-state index contributed by atoms with van der Waals surface area (Å²) >= 11 is 3.25. The van der Waals surface area contributed by atoms with Gasteiger partial charge in [0.15, 0.2) is 0 Å². The number of methoxy groups -OCH3 is 1. The van der Waals surface area contributed by atoms with Crippen molar-refractivity contribution in [3.63, 3.8) is 0 Å². The van der Waals surface area contributed by atoms with E-state index in [4.69, 9.17) is 9.84 Å². The summed E-state index contributed by atoms with van der Waals surface area (Å²) in [7, 11) is 1.52. The molecule has 1 aromatic rings. The highest BCUT2D eigenvalue weighted by atomic mass is 79.9. The second kappa shape index (κ2) is 5.01. The van der Waals surface area contributed by atoms with E-state index in [2.05, 4.69) is 20.9 Å². The molecule has 0 bridgehead atoms. The van der Waals surface area contributed by atoms with Crippen molar-refractivity contribution < 1.29 is 14.6 Å². The number of ether oxygens (including phenoxy) is 1. The van der Waals surface area contributed by atoms with Gasteiger partial charge in [0.2, 0.25) is 11.8 Å². The average molecular weight is 301 g/mol. The molecule has 5 nitrogen and oxygen atoms in total. The summed E-state index contributed by atoms with van der Waals surface area (Å²) in [5.41, 5.74) is 0.650. The van der Waals surface area contributed by atoms with E-state index in [0.717, 1.165) is 0 Å². The van der Waals surface area contributed by atoms with Gasteiger partial charge in [-0.3, -0.25) is 4.79 Å². The predicted octanol–water partition coefficient (Wildman–Crippen LogP) is 1.20. The van der Waals surface area contributed by atoms with Gasteiger partial charge in [-0.1, -0.05) is 0 Å². The van der Waals surface area contributed by atoms with Crippen LogP contribution in [-0.2, 0) is 4.79 Å². The van der Waals surface area contributed by atoms with Crippen LogP contribution in [0.5, 0.6) is 5.88 Å². The van der Waals surface area contributed by atoms with E-state index in [1.807, 2.05) is 0 Å². The lowest BCUT2D eigenvalue weighted by atomic mass is 10.1. The number of anilines is 1. The van der Waals surface area contributed by atoms with Crippen molar-refractivity contribution in [2.45, 2.75) is 6.42 Å². The van der Waals surface area contributed by atoms with Gasteiger partial charge in [0.05, 0.1) is 7.11 Å². The van der Waals surface area contributed by atoms with Gasteiger partial charge in [0.1, 0.15) is 10.3 Å². The Morgan fingerprint density at radius 1 is 1.65 bits per heavy atom. The maximum atomic E-state index is 11.8. The van der Waals surface area contributed by atoms with Gasteiger partial charge < -0.3 is 14.7 Å². The summed E-state index contributed by atoms with van der Waals surface area (Å²) in [5.74, 6) is 0.397. The lowest BCUT2D eigenvalue weighted by Gasteiger charge is -2.18. The maximum Gasteiger partial charge on any atom is 0.238 e. The normalized spacial score (nSPS) is 19.8. The second-order valence-corrected chi connectivity index (χ2v) is 4.73. The van der Waals surface area contributed by atoms with E-state index < -0.39 is 0 Å². The molecule has 1 atom stereocenters. The molecule has 6 heteroatoms. The van der Waals surface area contributed by atoms with Gasteiger partial charge in [-0.15, -0.1) is 0 Å². The maximum absolute atomic E-state index is 11.8. The van der Waals surface area contributed by atoms with Crippen molar-refractivity contribution in [2.24, 2.45) is 5.92 Å². The fraction of sp³-hybridized carbons (Fsp3) is 0.455. The third-order valence-electron chi connectivity index (χ3n) is 2.75. The first kappa shape index (κ1) is 12.3. The number of aromatic nitrogens is 1. The number of hydrogen-bond acceptors (Lipinski definition) is 4. The van der Waals surface area contributed by atoms with Crippen LogP contribution >= 0.6 is 15.9 Å². The lowest BCUT2D eigenvalue weighted by molar-refractivity contribution is -0.117. The SMILES string of the molecule is COc1nc(Br)ccc1N1CC(CO)CC1=O. The molecule has 1 aliphatic rings. The highest BCUT2D eigenvalue weighted by molar-refractivity contribution is 9.10. The Morgan fingerprint density at radius 3 is 3.00 bits per heavy atom. The number of hydrogen-bond donors (Lipinski definition) is 1. The van der Waals surface area contributed by atoms with E-state index in [-0.39, 0.29) is 18.4 Å². The minimum Gasteiger partial charge on any atom is -0.479 e.